The molecule has 1 N–H and O–H groups in total. The van der Waals surface area contributed by atoms with Crippen molar-refractivity contribution in [2.45, 2.75) is 25.9 Å². The Kier molecular flexibility index (Phi) is 4.89. The Hall–Kier alpha value is -1.26. The molecule has 110 valence electrons. The van der Waals surface area contributed by atoms with Gasteiger partial charge in [-0.1, -0.05) is 24.6 Å². The Balaban J connectivity index is 2.09. The van der Waals surface area contributed by atoms with E-state index in [0.717, 1.165) is 6.42 Å². The number of likely N-dealkylation sites (tertiary alicyclic amines) is 1. The average molecular weight is 298 g/mol. The van der Waals surface area contributed by atoms with Crippen molar-refractivity contribution in [2.24, 2.45) is 5.92 Å². The van der Waals surface area contributed by atoms with Crippen molar-refractivity contribution in [2.75, 3.05) is 20.2 Å². The van der Waals surface area contributed by atoms with Gasteiger partial charge < -0.3 is 14.7 Å². The van der Waals surface area contributed by atoms with E-state index in [-0.39, 0.29) is 18.2 Å². The Morgan fingerprint density at radius 1 is 1.55 bits per heavy atom. The predicted molar refractivity (Wildman–Crippen MR) is 78.1 cm³/mol. The first-order chi connectivity index (χ1) is 9.52. The van der Waals surface area contributed by atoms with Gasteiger partial charge in [-0.15, -0.1) is 0 Å². The van der Waals surface area contributed by atoms with Gasteiger partial charge in [-0.3, -0.25) is 4.79 Å². The number of ether oxygens (including phenoxy) is 1. The fourth-order valence-electron chi connectivity index (χ4n) is 2.44. The average Bonchev–Trinajstić information content (AvgIpc) is 2.44. The summed E-state index contributed by atoms with van der Waals surface area (Å²) in [5.41, 5.74) is 0.703. The van der Waals surface area contributed by atoms with Crippen LogP contribution in [0.3, 0.4) is 0 Å². The van der Waals surface area contributed by atoms with Crippen LogP contribution in [0.5, 0.6) is 5.75 Å². The van der Waals surface area contributed by atoms with Gasteiger partial charge in [0.2, 0.25) is 5.91 Å². The van der Waals surface area contributed by atoms with Gasteiger partial charge in [-0.2, -0.15) is 0 Å². The van der Waals surface area contributed by atoms with Crippen LogP contribution in [0.1, 0.15) is 18.9 Å². The van der Waals surface area contributed by atoms with Crippen molar-refractivity contribution < 1.29 is 14.6 Å². The zero-order valence-electron chi connectivity index (χ0n) is 11.8. The molecule has 1 heterocycles. The summed E-state index contributed by atoms with van der Waals surface area (Å²) in [6.45, 7) is 3.08. The number of methoxy groups -OCH3 is 1. The summed E-state index contributed by atoms with van der Waals surface area (Å²) in [7, 11) is 1.56. The molecule has 1 aliphatic heterocycles. The van der Waals surface area contributed by atoms with Crippen LogP contribution in [0.2, 0.25) is 5.02 Å². The number of piperidine rings is 1. The molecular weight excluding hydrogens is 278 g/mol. The van der Waals surface area contributed by atoms with E-state index in [0.29, 0.717) is 29.4 Å². The number of halogens is 1. The maximum Gasteiger partial charge on any atom is 0.227 e. The number of carbonyl (C=O) groups excluding carboxylic acids is 1. The summed E-state index contributed by atoms with van der Waals surface area (Å²) in [5, 5.41) is 10.4. The number of rotatable bonds is 3. The van der Waals surface area contributed by atoms with Gasteiger partial charge in [-0.05, 0) is 24.5 Å². The number of aliphatic hydroxyl groups is 1. The molecule has 1 fully saturated rings. The van der Waals surface area contributed by atoms with E-state index in [1.54, 1.807) is 30.2 Å². The summed E-state index contributed by atoms with van der Waals surface area (Å²) in [6, 6.07) is 5.34. The van der Waals surface area contributed by atoms with Crippen molar-refractivity contribution in [1.82, 2.24) is 4.90 Å². The lowest BCUT2D eigenvalue weighted by Crippen LogP contribution is -2.46. The summed E-state index contributed by atoms with van der Waals surface area (Å²) in [5.74, 6) is 0.841. The molecule has 4 nitrogen and oxygen atoms in total. The number of aliphatic hydroxyl groups excluding tert-OH is 1. The maximum atomic E-state index is 12.3. The Bertz CT molecular complexity index is 492. The van der Waals surface area contributed by atoms with E-state index in [1.807, 2.05) is 6.92 Å². The van der Waals surface area contributed by atoms with Crippen LogP contribution in [-0.2, 0) is 11.2 Å². The Morgan fingerprint density at radius 3 is 2.95 bits per heavy atom. The highest BCUT2D eigenvalue weighted by Gasteiger charge is 2.27. The quantitative estimate of drug-likeness (QED) is 0.930. The second-order valence-electron chi connectivity index (χ2n) is 5.27. The number of hydrogen-bond acceptors (Lipinski definition) is 3. The number of hydrogen-bond donors (Lipinski definition) is 1. The monoisotopic (exact) mass is 297 g/mol. The van der Waals surface area contributed by atoms with Gasteiger partial charge in [0.05, 0.1) is 19.6 Å². The van der Waals surface area contributed by atoms with E-state index in [9.17, 15) is 9.90 Å². The van der Waals surface area contributed by atoms with Crippen LogP contribution in [0.25, 0.3) is 0 Å². The molecule has 0 bridgehead atoms. The number of carbonyl (C=O) groups is 1. The summed E-state index contributed by atoms with van der Waals surface area (Å²) < 4.78 is 5.25. The minimum absolute atomic E-state index is 0.0256. The molecular formula is C15H20ClNO3. The molecule has 2 rings (SSSR count). The van der Waals surface area contributed by atoms with Crippen LogP contribution >= 0.6 is 11.6 Å². The lowest BCUT2D eigenvalue weighted by molar-refractivity contribution is -0.134. The van der Waals surface area contributed by atoms with E-state index in [1.165, 1.54) is 0 Å². The molecule has 5 heteroatoms. The molecule has 2 unspecified atom stereocenters. The van der Waals surface area contributed by atoms with Gasteiger partial charge >= 0.3 is 0 Å². The standard InChI is InChI=1S/C15H20ClNO3/c1-10-6-7-17(9-13(10)18)15(19)8-11-12(16)4-3-5-14(11)20-2/h3-5,10,13,18H,6-9H2,1-2H3. The summed E-state index contributed by atoms with van der Waals surface area (Å²) in [4.78, 5) is 14.0. The highest BCUT2D eigenvalue weighted by atomic mass is 35.5. The number of β-amino-alcohol motifs (C(OH)–C–C–N with tert-alkyl or cyclic N) is 1. The second-order valence-corrected chi connectivity index (χ2v) is 5.68. The van der Waals surface area contributed by atoms with Gasteiger partial charge in [-0.25, -0.2) is 0 Å². The molecule has 0 saturated carbocycles. The van der Waals surface area contributed by atoms with Crippen molar-refractivity contribution in [3.63, 3.8) is 0 Å². The highest BCUT2D eigenvalue weighted by molar-refractivity contribution is 6.31. The summed E-state index contributed by atoms with van der Waals surface area (Å²) in [6.07, 6.45) is 0.581. The molecule has 1 aromatic carbocycles. The molecule has 0 aromatic heterocycles. The molecule has 20 heavy (non-hydrogen) atoms. The smallest absolute Gasteiger partial charge is 0.227 e. The summed E-state index contributed by atoms with van der Waals surface area (Å²) >= 11 is 6.14. The third kappa shape index (κ3) is 3.25. The van der Waals surface area contributed by atoms with Crippen molar-refractivity contribution >= 4 is 17.5 Å². The molecule has 1 amide bonds. The first kappa shape index (κ1) is 15.1. The number of benzene rings is 1. The molecule has 2 atom stereocenters. The van der Waals surface area contributed by atoms with E-state index >= 15 is 0 Å². The lowest BCUT2D eigenvalue weighted by atomic mass is 9.95. The second kappa shape index (κ2) is 6.46. The van der Waals surface area contributed by atoms with Crippen LogP contribution in [-0.4, -0.2) is 42.2 Å². The zero-order valence-corrected chi connectivity index (χ0v) is 12.6. The van der Waals surface area contributed by atoms with Crippen LogP contribution in [0.15, 0.2) is 18.2 Å². The highest BCUT2D eigenvalue weighted by Crippen LogP contribution is 2.27. The molecule has 1 saturated heterocycles. The van der Waals surface area contributed by atoms with Crippen LogP contribution in [0, 0.1) is 5.92 Å². The van der Waals surface area contributed by atoms with Gasteiger partial charge in [0.1, 0.15) is 5.75 Å². The SMILES string of the molecule is COc1cccc(Cl)c1CC(=O)N1CCC(C)C(O)C1. The van der Waals surface area contributed by atoms with Crippen LogP contribution < -0.4 is 4.74 Å². The molecule has 0 aliphatic carbocycles. The van der Waals surface area contributed by atoms with E-state index in [2.05, 4.69) is 0 Å². The molecule has 1 aromatic rings. The third-order valence-corrected chi connectivity index (χ3v) is 4.25. The largest absolute Gasteiger partial charge is 0.496 e. The van der Waals surface area contributed by atoms with Crippen molar-refractivity contribution in [3.8, 4) is 5.75 Å². The third-order valence-electron chi connectivity index (χ3n) is 3.90. The van der Waals surface area contributed by atoms with E-state index < -0.39 is 6.10 Å². The predicted octanol–water partition coefficient (Wildman–Crippen LogP) is 2.12. The number of amides is 1. The maximum absolute atomic E-state index is 12.3. The minimum atomic E-state index is -0.444. The number of nitrogens with zero attached hydrogens (tertiary/aromatic N) is 1. The van der Waals surface area contributed by atoms with Crippen LogP contribution in [0.4, 0.5) is 0 Å². The fraction of sp³-hybridized carbons (Fsp3) is 0.533. The molecule has 0 radical (unpaired) electrons. The minimum Gasteiger partial charge on any atom is -0.496 e. The Morgan fingerprint density at radius 2 is 2.30 bits per heavy atom. The fourth-order valence-corrected chi connectivity index (χ4v) is 2.67. The molecule has 1 aliphatic rings. The van der Waals surface area contributed by atoms with Gasteiger partial charge in [0.15, 0.2) is 0 Å². The Labute approximate surface area is 124 Å². The van der Waals surface area contributed by atoms with Crippen molar-refractivity contribution in [1.29, 1.82) is 0 Å². The normalized spacial score (nSPS) is 22.7. The zero-order chi connectivity index (χ0) is 14.7. The van der Waals surface area contributed by atoms with Gasteiger partial charge in [0.25, 0.3) is 0 Å². The van der Waals surface area contributed by atoms with Gasteiger partial charge in [0, 0.05) is 23.7 Å². The first-order valence-electron chi connectivity index (χ1n) is 6.80. The topological polar surface area (TPSA) is 49.8 Å². The van der Waals surface area contributed by atoms with E-state index in [4.69, 9.17) is 16.3 Å². The first-order valence-corrected chi connectivity index (χ1v) is 7.18. The lowest BCUT2D eigenvalue weighted by Gasteiger charge is -2.34. The molecule has 0 spiro atoms. The van der Waals surface area contributed by atoms with Crippen molar-refractivity contribution in [3.05, 3.63) is 28.8 Å².